The summed E-state index contributed by atoms with van der Waals surface area (Å²) in [6.45, 7) is 8.78. The molecule has 0 radical (unpaired) electrons. The van der Waals surface area contributed by atoms with Crippen LogP contribution in [-0.4, -0.2) is 14.1 Å². The Balaban J connectivity index is 1.32. The topological polar surface area (TPSA) is 35.9 Å². The molecule has 0 N–H and O–H groups in total. The highest BCUT2D eigenvalue weighted by atomic mass is 16.5. The minimum atomic E-state index is -0.0427. The van der Waals surface area contributed by atoms with Crippen molar-refractivity contribution in [1.82, 2.24) is 14.1 Å². The van der Waals surface area contributed by atoms with Crippen LogP contribution in [0.1, 0.15) is 26.3 Å². The van der Waals surface area contributed by atoms with Crippen LogP contribution in [0, 0.1) is 6.92 Å². The molecule has 0 spiro atoms. The molecular weight excluding hydrogens is 492 g/mol. The van der Waals surface area contributed by atoms with Gasteiger partial charge in [0.25, 0.3) is 0 Å². The molecule has 0 saturated heterocycles. The largest absolute Gasteiger partial charge is 0.457 e. The van der Waals surface area contributed by atoms with E-state index in [1.165, 1.54) is 21.9 Å². The average Bonchev–Trinajstić information content (AvgIpc) is 3.50. The number of rotatable bonds is 4. The first-order valence-electron chi connectivity index (χ1n) is 13.6. The first-order valence-corrected chi connectivity index (χ1v) is 13.6. The summed E-state index contributed by atoms with van der Waals surface area (Å²) in [5.74, 6) is 2.47. The molecule has 196 valence electrons. The molecule has 4 aromatic carbocycles. The summed E-state index contributed by atoms with van der Waals surface area (Å²) in [6.07, 6.45) is 4.05. The van der Waals surface area contributed by atoms with E-state index in [9.17, 15) is 0 Å². The van der Waals surface area contributed by atoms with Crippen LogP contribution in [0.4, 0.5) is 0 Å². The molecule has 0 atom stereocenters. The van der Waals surface area contributed by atoms with Crippen molar-refractivity contribution < 1.29 is 9.30 Å². The number of fused-ring (bicyclic) bond motifs is 4. The van der Waals surface area contributed by atoms with Gasteiger partial charge in [-0.3, -0.25) is 4.57 Å². The highest BCUT2D eigenvalue weighted by molar-refractivity contribution is 6.09. The molecule has 7 rings (SSSR count). The highest BCUT2D eigenvalue weighted by Gasteiger charge is 2.26. The molecule has 3 heterocycles. The second-order valence-electron chi connectivity index (χ2n) is 11.3. The van der Waals surface area contributed by atoms with Gasteiger partial charge in [0.1, 0.15) is 28.5 Å². The Bertz CT molecular complexity index is 2040. The number of hydrogen-bond acceptors (Lipinski definition) is 2. The minimum Gasteiger partial charge on any atom is -0.457 e. The molecule has 0 aliphatic carbocycles. The van der Waals surface area contributed by atoms with E-state index < -0.39 is 0 Å². The van der Waals surface area contributed by atoms with Gasteiger partial charge in [0, 0.05) is 29.1 Å². The summed E-state index contributed by atoms with van der Waals surface area (Å²) in [6, 6.07) is 35.7. The zero-order valence-electron chi connectivity index (χ0n) is 23.2. The molecular formula is C35H31N4O+. The fraction of sp³-hybridized carbons (Fsp3) is 0.143. The van der Waals surface area contributed by atoms with Crippen molar-refractivity contribution >= 4 is 32.8 Å². The molecule has 3 aromatic heterocycles. The summed E-state index contributed by atoms with van der Waals surface area (Å²) in [5.41, 5.74) is 6.73. The van der Waals surface area contributed by atoms with Gasteiger partial charge in [0.2, 0.25) is 6.33 Å². The molecule has 0 aliphatic heterocycles. The van der Waals surface area contributed by atoms with E-state index in [2.05, 4.69) is 127 Å². The van der Waals surface area contributed by atoms with Crippen LogP contribution in [-0.2, 0) is 5.54 Å². The monoisotopic (exact) mass is 523 g/mol. The number of imidazole rings is 1. The van der Waals surface area contributed by atoms with Crippen LogP contribution in [0.25, 0.3) is 44.3 Å². The number of hydrogen-bond donors (Lipinski definition) is 0. The molecule has 5 heteroatoms. The molecule has 7 aromatic rings. The third-order valence-electron chi connectivity index (χ3n) is 7.46. The molecule has 40 heavy (non-hydrogen) atoms. The predicted molar refractivity (Wildman–Crippen MR) is 162 cm³/mol. The third kappa shape index (κ3) is 4.02. The summed E-state index contributed by atoms with van der Waals surface area (Å²) >= 11 is 0. The fourth-order valence-electron chi connectivity index (χ4n) is 5.59. The van der Waals surface area contributed by atoms with Crippen molar-refractivity contribution in [3.05, 3.63) is 121 Å². The number of aryl methyl sites for hydroxylation is 1. The second-order valence-corrected chi connectivity index (χ2v) is 11.3. The van der Waals surface area contributed by atoms with Crippen molar-refractivity contribution in [2.75, 3.05) is 0 Å². The van der Waals surface area contributed by atoms with Gasteiger partial charge >= 0.3 is 0 Å². The number of aromatic nitrogens is 4. The van der Waals surface area contributed by atoms with Crippen LogP contribution in [0.3, 0.4) is 0 Å². The fourth-order valence-corrected chi connectivity index (χ4v) is 5.59. The van der Waals surface area contributed by atoms with Crippen LogP contribution in [0.2, 0.25) is 0 Å². The molecule has 0 aliphatic rings. The van der Waals surface area contributed by atoms with Gasteiger partial charge in [-0.05, 0) is 87.9 Å². The molecule has 0 unspecified atom stereocenters. The molecule has 0 amide bonds. The van der Waals surface area contributed by atoms with E-state index in [0.717, 1.165) is 39.6 Å². The van der Waals surface area contributed by atoms with E-state index in [-0.39, 0.29) is 5.54 Å². The standard InChI is InChI=1S/C35H31N4O/c1-24-18-19-36-34(20-24)39-30-13-6-5-12-28(30)29-17-16-27(22-33(29)39)40-26-11-9-10-25(21-26)37-23-38(35(2,3)4)32-15-8-7-14-31(32)37/h5-23H,1-4H3/q+1. The van der Waals surface area contributed by atoms with E-state index in [1.807, 2.05) is 30.5 Å². The quantitative estimate of drug-likeness (QED) is 0.218. The Hall–Kier alpha value is -4.90. The van der Waals surface area contributed by atoms with E-state index in [4.69, 9.17) is 9.72 Å². The van der Waals surface area contributed by atoms with E-state index in [0.29, 0.717) is 0 Å². The maximum Gasteiger partial charge on any atom is 0.250 e. The van der Waals surface area contributed by atoms with Crippen LogP contribution >= 0.6 is 0 Å². The Morgan fingerprint density at radius 3 is 2.27 bits per heavy atom. The van der Waals surface area contributed by atoms with E-state index in [1.54, 1.807) is 0 Å². The Morgan fingerprint density at radius 1 is 0.700 bits per heavy atom. The summed E-state index contributed by atoms with van der Waals surface area (Å²) in [4.78, 5) is 4.70. The number of benzene rings is 4. The average molecular weight is 524 g/mol. The summed E-state index contributed by atoms with van der Waals surface area (Å²) in [5, 5.41) is 2.37. The van der Waals surface area contributed by atoms with Crippen LogP contribution in [0.15, 0.2) is 116 Å². The van der Waals surface area contributed by atoms with Gasteiger partial charge in [0.15, 0.2) is 11.0 Å². The second kappa shape index (κ2) is 9.09. The van der Waals surface area contributed by atoms with Gasteiger partial charge in [-0.15, -0.1) is 0 Å². The molecule has 0 fully saturated rings. The SMILES string of the molecule is Cc1ccnc(-n2c3ccccc3c3ccc(Oc4cccc(-n5c[n+](C(C)(C)C)c6ccccc65)c4)cc32)c1. The van der Waals surface area contributed by atoms with E-state index >= 15 is 0 Å². The molecule has 0 bridgehead atoms. The predicted octanol–water partition coefficient (Wildman–Crippen LogP) is 8.27. The van der Waals surface area contributed by atoms with Crippen molar-refractivity contribution in [2.24, 2.45) is 0 Å². The van der Waals surface area contributed by atoms with Crippen LogP contribution < -0.4 is 9.30 Å². The van der Waals surface area contributed by atoms with Gasteiger partial charge in [-0.2, -0.15) is 4.57 Å². The van der Waals surface area contributed by atoms with Crippen molar-refractivity contribution in [2.45, 2.75) is 33.2 Å². The Kier molecular flexibility index (Phi) is 5.49. The van der Waals surface area contributed by atoms with Gasteiger partial charge in [-0.1, -0.05) is 36.4 Å². The third-order valence-corrected chi connectivity index (χ3v) is 7.46. The first-order chi connectivity index (χ1) is 19.4. The Morgan fingerprint density at radius 2 is 1.45 bits per heavy atom. The zero-order chi connectivity index (χ0) is 27.4. The van der Waals surface area contributed by atoms with Crippen molar-refractivity contribution in [3.8, 4) is 23.0 Å². The lowest BCUT2D eigenvalue weighted by Crippen LogP contribution is -2.49. The van der Waals surface area contributed by atoms with Gasteiger partial charge < -0.3 is 4.74 Å². The van der Waals surface area contributed by atoms with Crippen LogP contribution in [0.5, 0.6) is 11.5 Å². The maximum absolute atomic E-state index is 6.49. The summed E-state index contributed by atoms with van der Waals surface area (Å²) < 4.78 is 13.3. The smallest absolute Gasteiger partial charge is 0.250 e. The van der Waals surface area contributed by atoms with Crippen molar-refractivity contribution in [1.29, 1.82) is 0 Å². The molecule has 5 nitrogen and oxygen atoms in total. The van der Waals surface area contributed by atoms with Gasteiger partial charge in [-0.25, -0.2) is 9.55 Å². The lowest BCUT2D eigenvalue weighted by Gasteiger charge is -2.14. The summed E-state index contributed by atoms with van der Waals surface area (Å²) in [7, 11) is 0. The lowest BCUT2D eigenvalue weighted by atomic mass is 10.1. The number of pyridine rings is 1. The number of nitrogens with zero attached hydrogens (tertiary/aromatic N) is 4. The zero-order valence-corrected chi connectivity index (χ0v) is 23.2. The van der Waals surface area contributed by atoms with Crippen molar-refractivity contribution in [3.63, 3.8) is 0 Å². The maximum atomic E-state index is 6.49. The Labute approximate surface area is 233 Å². The normalized spacial score (nSPS) is 12.0. The number of para-hydroxylation sites is 3. The highest BCUT2D eigenvalue weighted by Crippen LogP contribution is 2.35. The lowest BCUT2D eigenvalue weighted by molar-refractivity contribution is -0.731. The molecule has 0 saturated carbocycles. The minimum absolute atomic E-state index is 0.0427. The first kappa shape index (κ1) is 24.2. The number of ether oxygens (including phenoxy) is 1. The van der Waals surface area contributed by atoms with Gasteiger partial charge in [0.05, 0.1) is 11.0 Å².